The molecule has 5 unspecified atom stereocenters. The topological polar surface area (TPSA) is 401 Å². The van der Waals surface area contributed by atoms with E-state index in [1.807, 2.05) is 73.9 Å². The van der Waals surface area contributed by atoms with Gasteiger partial charge in [0.25, 0.3) is 17.7 Å². The summed E-state index contributed by atoms with van der Waals surface area (Å²) in [4.78, 5) is 104. The first-order chi connectivity index (χ1) is 43.4. The van der Waals surface area contributed by atoms with Gasteiger partial charge < -0.3 is 65.2 Å². The van der Waals surface area contributed by atoms with Crippen molar-refractivity contribution in [3.05, 3.63) is 38.0 Å². The minimum Gasteiger partial charge on any atom is -0.382 e. The molecular weight excluding hydrogens is 1290 g/mol. The van der Waals surface area contributed by atoms with Crippen molar-refractivity contribution in [2.45, 2.75) is 233 Å². The summed E-state index contributed by atoms with van der Waals surface area (Å²) in [5.41, 5.74) is 13.8. The van der Waals surface area contributed by atoms with Gasteiger partial charge in [-0.3, -0.25) is 41.7 Å². The van der Waals surface area contributed by atoms with Gasteiger partial charge in [-0.1, -0.05) is 62.3 Å². The highest BCUT2D eigenvalue weighted by Gasteiger charge is 2.74. The average molecular weight is 1380 g/mol. The molecule has 0 aromatic carbocycles. The van der Waals surface area contributed by atoms with Gasteiger partial charge in [0.2, 0.25) is 0 Å². The summed E-state index contributed by atoms with van der Waals surface area (Å²) in [6.45, 7) is 30.8. The second-order valence-electron chi connectivity index (χ2n) is 31.9. The molecule has 3 amide bonds. The molecule has 14 atom stereocenters. The average Bonchev–Trinajstić information content (AvgIpc) is 1.55. The zero-order chi connectivity index (χ0) is 70.5. The summed E-state index contributed by atoms with van der Waals surface area (Å²) in [5, 5.41) is 0. The number of nitrogen functional groups attached to an aromatic ring is 3. The van der Waals surface area contributed by atoms with E-state index >= 15 is 0 Å². The minimum atomic E-state index is -4.55. The Kier molecular flexibility index (Phi) is 18.0. The fraction of sp³-hybridized carbons (Fsp3) is 0.700. The van der Waals surface area contributed by atoms with Crippen LogP contribution in [0.5, 0.6) is 0 Å². The maximum atomic E-state index is 13.5. The lowest BCUT2D eigenvalue weighted by Gasteiger charge is -2.38. The number of likely N-dealkylation sites (N-methyl/N-ethyl adjacent to an activating group) is 3. The molecule has 6 fully saturated rings. The molecule has 522 valence electrons. The van der Waals surface area contributed by atoms with E-state index in [1.165, 1.54) is 30.2 Å². The quantitative estimate of drug-likeness (QED) is 0.0745. The van der Waals surface area contributed by atoms with E-state index in [-0.39, 0.29) is 58.1 Å². The first-order valence-corrected chi connectivity index (χ1v) is 35.3. The molecule has 6 saturated heterocycles. The van der Waals surface area contributed by atoms with Crippen LogP contribution in [0.25, 0.3) is 33.5 Å². The summed E-state index contributed by atoms with van der Waals surface area (Å²) >= 11 is 5.34. The van der Waals surface area contributed by atoms with E-state index in [2.05, 4.69) is 65.6 Å². The third-order valence-electron chi connectivity index (χ3n) is 16.7. The minimum absolute atomic E-state index is 0.0403. The Morgan fingerprint density at radius 3 is 1.06 bits per heavy atom. The number of aromatic nitrogens is 12. The number of morpholine rings is 3. The number of imidazole rings is 3. The summed E-state index contributed by atoms with van der Waals surface area (Å²) < 4.78 is 66.9. The molecule has 35 heteroatoms. The molecule has 0 radical (unpaired) electrons. The predicted octanol–water partition coefficient (Wildman–Crippen LogP) is 6.76. The number of carbonyl (C=O) groups excluding carboxylic acids is 3. The SMILES string of the molecule is CN1C(=O)[C@]2(CC(C)(C)C)O[C@@H](n3cnc4c(N)ncnc43)C1[C@H]2OC(C)(C)C.CN1C(=O)[C@]2(CC(C)(C)C)O[C@@H](n3cnc4c(N)ncnc43)C1[C@H]2OP(=O)(O)OC(C)(C)C.CN1C(=O)[C@]2(CC(C)(C)C)O[C@@H](n3cnc4c(N)ncnc43)C1[C@H]2OP(O)(=S)OC(C)(C)C. The number of anilines is 3. The van der Waals surface area contributed by atoms with Crippen molar-refractivity contribution in [2.24, 2.45) is 16.2 Å². The summed E-state index contributed by atoms with van der Waals surface area (Å²) in [5.74, 6) is 0.177. The van der Waals surface area contributed by atoms with Gasteiger partial charge in [-0.2, -0.15) is 0 Å². The van der Waals surface area contributed by atoms with Crippen LogP contribution in [0.3, 0.4) is 0 Å². The molecule has 32 nitrogen and oxygen atoms in total. The molecular formula is C60H92N18O14P2S. The number of nitrogens with zero attached hydrogens (tertiary/aromatic N) is 15. The zero-order valence-corrected chi connectivity index (χ0v) is 60.4. The number of carbonyl (C=O) groups is 3. The maximum absolute atomic E-state index is 13.5. The smallest absolute Gasteiger partial charge is 0.382 e. The number of hydrogen-bond donors (Lipinski definition) is 5. The monoisotopic (exact) mass is 1380 g/mol. The van der Waals surface area contributed by atoms with Gasteiger partial charge >= 0.3 is 14.5 Å². The van der Waals surface area contributed by atoms with Gasteiger partial charge in [0, 0.05) is 21.1 Å². The van der Waals surface area contributed by atoms with Crippen LogP contribution in [0.2, 0.25) is 0 Å². The maximum Gasteiger partial charge on any atom is 0.473 e. The molecule has 6 aromatic rings. The molecule has 95 heavy (non-hydrogen) atoms. The van der Waals surface area contributed by atoms with E-state index in [0.29, 0.717) is 52.2 Å². The Labute approximate surface area is 556 Å². The van der Waals surface area contributed by atoms with Gasteiger partial charge in [0.1, 0.15) is 72.0 Å². The second-order valence-corrected chi connectivity index (χ2v) is 36.0. The number of fused-ring (bicyclic) bond motifs is 9. The molecule has 6 aromatic heterocycles. The zero-order valence-electron chi connectivity index (χ0n) is 57.8. The van der Waals surface area contributed by atoms with Crippen LogP contribution < -0.4 is 17.2 Å². The number of likely N-dealkylation sites (tertiary alicyclic amines) is 3. The molecule has 12 heterocycles. The molecule has 0 saturated carbocycles. The van der Waals surface area contributed by atoms with Crippen molar-refractivity contribution >= 4 is 95.0 Å². The summed E-state index contributed by atoms with van der Waals surface area (Å²) in [6, 6.07) is -1.65. The summed E-state index contributed by atoms with van der Waals surface area (Å²) in [7, 11) is 0.582. The van der Waals surface area contributed by atoms with E-state index < -0.39 is 97.2 Å². The highest BCUT2D eigenvalue weighted by Crippen LogP contribution is 2.62. The molecule has 8 N–H and O–H groups in total. The van der Waals surface area contributed by atoms with Crippen molar-refractivity contribution in [1.82, 2.24) is 73.3 Å². The Morgan fingerprint density at radius 1 is 0.474 bits per heavy atom. The molecule has 0 spiro atoms. The normalized spacial score (nSPS) is 29.8. The number of amides is 3. The van der Waals surface area contributed by atoms with Gasteiger partial charge in [-0.15, -0.1) is 0 Å². The van der Waals surface area contributed by atoms with Crippen LogP contribution >= 0.6 is 14.5 Å². The molecule has 6 aliphatic heterocycles. The van der Waals surface area contributed by atoms with Gasteiger partial charge in [-0.05, 0) is 110 Å². The Morgan fingerprint density at radius 2 is 0.768 bits per heavy atom. The van der Waals surface area contributed by atoms with Crippen molar-refractivity contribution in [1.29, 1.82) is 0 Å². The van der Waals surface area contributed by atoms with E-state index in [4.69, 9.17) is 66.1 Å². The standard InChI is InChI=1S/C20H31N6O6P.C20H31N6O5PS.C20H30N6O3/c1-18(2,3)8-20-13(31-33(28,29)32-19(4,5)6)12(25(7)17(20)27)16(30-20)26-10-24-11-14(21)22-9-23-15(11)26;1-18(2,3)8-20-13(30-32(28,33)31-19(4,5)6)12(25(7)17(20)27)16(29-20)26-10-24-11-14(21)22-9-23-15(11)26;1-18(2,3)8-20-13(28-19(4,5)6)12(25(7)17(20)27)16(29-20)26-10-24-11-14(21)22-9-23-15(11)26/h9-10,12-13,16H,8H2,1-7H3,(H,28,29)(H2,21,22,23);9-10,12-13,16H,8H2,1-7H3,(H,28,33)(H2,21,22,23);9-10,12-13,16H,8H2,1-7H3,(H2,21,22,23)/t12?,13-,16-,20-;12?,13-,16-,20-,32?;12?,13-,16-,20-/m111/s1. The highest BCUT2D eigenvalue weighted by atomic mass is 32.5. The fourth-order valence-corrected chi connectivity index (χ4v) is 17.6. The lowest BCUT2D eigenvalue weighted by atomic mass is 9.79. The van der Waals surface area contributed by atoms with Crippen LogP contribution in [0.1, 0.15) is 163 Å². The molecule has 6 aliphatic rings. The van der Waals surface area contributed by atoms with E-state index in [9.17, 15) is 28.7 Å². The lowest BCUT2D eigenvalue weighted by molar-refractivity contribution is -0.186. The third-order valence-corrected chi connectivity index (χ3v) is 19.7. The Hall–Kier alpha value is -6.06. The van der Waals surface area contributed by atoms with E-state index in [0.717, 1.165) is 0 Å². The van der Waals surface area contributed by atoms with Crippen LogP contribution in [0, 0.1) is 16.2 Å². The van der Waals surface area contributed by atoms with E-state index in [1.54, 1.807) is 87.2 Å². The van der Waals surface area contributed by atoms with Crippen molar-refractivity contribution < 1.29 is 65.8 Å². The van der Waals surface area contributed by atoms with Crippen molar-refractivity contribution in [2.75, 3.05) is 38.3 Å². The number of rotatable bonds is 13. The van der Waals surface area contributed by atoms with Crippen molar-refractivity contribution in [3.63, 3.8) is 0 Å². The predicted molar refractivity (Wildman–Crippen MR) is 352 cm³/mol. The number of ether oxygens (including phenoxy) is 4. The van der Waals surface area contributed by atoms with Crippen LogP contribution in [0.4, 0.5) is 17.5 Å². The lowest BCUT2D eigenvalue weighted by Crippen LogP contribution is -2.52. The third kappa shape index (κ3) is 13.5. The van der Waals surface area contributed by atoms with Gasteiger partial charge in [0.05, 0.1) is 35.8 Å². The fourth-order valence-electron chi connectivity index (χ4n) is 14.0. The van der Waals surface area contributed by atoms with Crippen LogP contribution in [0.15, 0.2) is 38.0 Å². The van der Waals surface area contributed by atoms with Crippen molar-refractivity contribution in [3.8, 4) is 0 Å². The van der Waals surface area contributed by atoms with Gasteiger partial charge in [-0.25, -0.2) is 49.4 Å². The number of phosphoric ester groups is 1. The number of nitrogens with two attached hydrogens (primary N) is 3. The largest absolute Gasteiger partial charge is 0.473 e. The first-order valence-electron chi connectivity index (χ1n) is 31.2. The van der Waals surface area contributed by atoms with Gasteiger partial charge in [0.15, 0.2) is 69.9 Å². The summed E-state index contributed by atoms with van der Waals surface area (Å²) in [6.07, 6.45) is 5.61. The molecule has 12 rings (SSSR count). The number of phosphoric acid groups is 1. The highest BCUT2D eigenvalue weighted by molar-refractivity contribution is 8.07. The Balaban J connectivity index is 0.000000156. The Bertz CT molecular complexity index is 3880. The molecule has 0 aliphatic carbocycles. The first kappa shape index (κ1) is 71.7. The number of hydrogen-bond acceptors (Lipinski definition) is 25. The molecule has 6 bridgehead atoms. The van der Waals surface area contributed by atoms with Crippen LogP contribution in [-0.4, -0.2) is 192 Å². The second kappa shape index (κ2) is 23.9. The van der Waals surface area contributed by atoms with Crippen LogP contribution in [-0.2, 0) is 67.8 Å².